The van der Waals surface area contributed by atoms with Crippen molar-refractivity contribution in [1.29, 1.82) is 0 Å². The van der Waals surface area contributed by atoms with Crippen LogP contribution in [0.2, 0.25) is 0 Å². The minimum Gasteiger partial charge on any atom is -0.341 e. The molecule has 134 valence electrons. The molecule has 2 aliphatic rings. The number of hydrogen-bond acceptors (Lipinski definition) is 4. The molecule has 23 heavy (non-hydrogen) atoms. The zero-order valence-corrected chi connectivity index (χ0v) is 15.8. The minimum atomic E-state index is 0.300. The second kappa shape index (κ2) is 7.95. The van der Waals surface area contributed by atoms with Crippen LogP contribution in [0.4, 0.5) is 0 Å². The molecule has 2 fully saturated rings. The van der Waals surface area contributed by atoms with Gasteiger partial charge in [0.05, 0.1) is 6.54 Å². The van der Waals surface area contributed by atoms with Crippen molar-refractivity contribution in [3.05, 3.63) is 0 Å². The molecule has 2 heterocycles. The van der Waals surface area contributed by atoms with E-state index in [1.165, 1.54) is 19.4 Å². The first-order valence-corrected chi connectivity index (χ1v) is 9.22. The number of carbonyl (C=O) groups excluding carboxylic acids is 1. The molecule has 5 nitrogen and oxygen atoms in total. The van der Waals surface area contributed by atoms with Gasteiger partial charge in [-0.15, -0.1) is 0 Å². The van der Waals surface area contributed by atoms with Gasteiger partial charge in [0, 0.05) is 37.8 Å². The molecule has 1 spiro atoms. The van der Waals surface area contributed by atoms with Crippen LogP contribution >= 0.6 is 0 Å². The van der Waals surface area contributed by atoms with Crippen molar-refractivity contribution >= 4 is 5.91 Å². The highest BCUT2D eigenvalue weighted by Crippen LogP contribution is 2.38. The Bertz CT molecular complexity index is 388. The molecule has 0 unspecified atom stereocenters. The van der Waals surface area contributed by atoms with Crippen LogP contribution in [0.5, 0.6) is 0 Å². The molecule has 0 atom stereocenters. The molecule has 1 amide bonds. The van der Waals surface area contributed by atoms with Crippen LogP contribution < -0.4 is 0 Å². The number of hydrogen-bond donors (Lipinski definition) is 0. The third-order valence-corrected chi connectivity index (χ3v) is 5.87. The van der Waals surface area contributed by atoms with Gasteiger partial charge in [0.25, 0.3) is 0 Å². The van der Waals surface area contributed by atoms with Gasteiger partial charge >= 0.3 is 0 Å². The molecular formula is C18H36N4O. The molecular weight excluding hydrogens is 288 g/mol. The van der Waals surface area contributed by atoms with Crippen LogP contribution in [-0.4, -0.2) is 97.5 Å². The van der Waals surface area contributed by atoms with Crippen molar-refractivity contribution < 1.29 is 4.79 Å². The number of piperidine rings is 1. The molecule has 0 N–H and O–H groups in total. The second-order valence-corrected chi connectivity index (χ2v) is 8.01. The molecule has 0 bridgehead atoms. The number of carbonyl (C=O) groups is 1. The SMILES string of the molecule is CC(C)N(C)CC(=O)N1CCC2(CCCN2CCN(C)C)CC1. The Labute approximate surface area is 142 Å². The van der Waals surface area contributed by atoms with E-state index < -0.39 is 0 Å². The highest BCUT2D eigenvalue weighted by Gasteiger charge is 2.43. The highest BCUT2D eigenvalue weighted by atomic mass is 16.2. The average Bonchev–Trinajstić information content (AvgIpc) is 2.88. The summed E-state index contributed by atoms with van der Waals surface area (Å²) in [6.07, 6.45) is 4.93. The predicted octanol–water partition coefficient (Wildman–Crippen LogP) is 1.35. The lowest BCUT2D eigenvalue weighted by Crippen LogP contribution is -2.55. The quantitative estimate of drug-likeness (QED) is 0.738. The Morgan fingerprint density at radius 3 is 2.30 bits per heavy atom. The van der Waals surface area contributed by atoms with Gasteiger partial charge in [0.2, 0.25) is 5.91 Å². The van der Waals surface area contributed by atoms with Crippen molar-refractivity contribution in [2.45, 2.75) is 51.1 Å². The van der Waals surface area contributed by atoms with E-state index in [1.54, 1.807) is 0 Å². The van der Waals surface area contributed by atoms with Crippen LogP contribution in [-0.2, 0) is 4.79 Å². The van der Waals surface area contributed by atoms with E-state index in [-0.39, 0.29) is 0 Å². The van der Waals surface area contributed by atoms with Crippen LogP contribution in [0.25, 0.3) is 0 Å². The molecule has 0 aliphatic carbocycles. The Morgan fingerprint density at radius 2 is 1.74 bits per heavy atom. The largest absolute Gasteiger partial charge is 0.341 e. The first kappa shape index (κ1) is 18.7. The van der Waals surface area contributed by atoms with Gasteiger partial charge in [-0.05, 0) is 67.2 Å². The summed E-state index contributed by atoms with van der Waals surface area (Å²) in [4.78, 5) is 21.7. The summed E-state index contributed by atoms with van der Waals surface area (Å²) in [5, 5.41) is 0. The molecule has 0 aromatic carbocycles. The van der Waals surface area contributed by atoms with Gasteiger partial charge in [-0.2, -0.15) is 0 Å². The summed E-state index contributed by atoms with van der Waals surface area (Å²) < 4.78 is 0. The summed E-state index contributed by atoms with van der Waals surface area (Å²) in [6, 6.07) is 0.423. The van der Waals surface area contributed by atoms with E-state index >= 15 is 0 Å². The first-order chi connectivity index (χ1) is 10.8. The fraction of sp³-hybridized carbons (Fsp3) is 0.944. The number of rotatable bonds is 6. The third kappa shape index (κ3) is 4.68. The molecule has 2 saturated heterocycles. The minimum absolute atomic E-state index is 0.300. The lowest BCUT2D eigenvalue weighted by Gasteiger charge is -2.45. The maximum atomic E-state index is 12.5. The summed E-state index contributed by atoms with van der Waals surface area (Å²) in [7, 11) is 6.33. The Balaban J connectivity index is 1.85. The summed E-state index contributed by atoms with van der Waals surface area (Å²) in [5.74, 6) is 0.300. The molecule has 2 aliphatic heterocycles. The van der Waals surface area contributed by atoms with Crippen LogP contribution in [0, 0.1) is 0 Å². The topological polar surface area (TPSA) is 30.0 Å². The van der Waals surface area contributed by atoms with Gasteiger partial charge in [-0.3, -0.25) is 14.6 Å². The number of likely N-dealkylation sites (tertiary alicyclic amines) is 2. The van der Waals surface area contributed by atoms with Crippen molar-refractivity contribution in [1.82, 2.24) is 19.6 Å². The van der Waals surface area contributed by atoms with Crippen molar-refractivity contribution in [2.24, 2.45) is 0 Å². The maximum absolute atomic E-state index is 12.5. The molecule has 2 rings (SSSR count). The van der Waals surface area contributed by atoms with Gasteiger partial charge in [0.1, 0.15) is 0 Å². The normalized spacial score (nSPS) is 22.0. The number of nitrogens with zero attached hydrogens (tertiary/aromatic N) is 4. The first-order valence-electron chi connectivity index (χ1n) is 9.22. The zero-order valence-electron chi connectivity index (χ0n) is 15.8. The average molecular weight is 325 g/mol. The number of likely N-dealkylation sites (N-methyl/N-ethyl adjacent to an activating group) is 2. The second-order valence-electron chi connectivity index (χ2n) is 8.01. The Morgan fingerprint density at radius 1 is 1.09 bits per heavy atom. The van der Waals surface area contributed by atoms with Gasteiger partial charge in [0.15, 0.2) is 0 Å². The smallest absolute Gasteiger partial charge is 0.236 e. The van der Waals surface area contributed by atoms with Gasteiger partial charge in [-0.25, -0.2) is 0 Å². The van der Waals surface area contributed by atoms with Crippen LogP contribution in [0.3, 0.4) is 0 Å². The van der Waals surface area contributed by atoms with Gasteiger partial charge < -0.3 is 9.80 Å². The van der Waals surface area contributed by atoms with E-state index in [2.05, 4.69) is 47.5 Å². The van der Waals surface area contributed by atoms with E-state index in [9.17, 15) is 4.79 Å². The summed E-state index contributed by atoms with van der Waals surface area (Å²) >= 11 is 0. The highest BCUT2D eigenvalue weighted by molar-refractivity contribution is 5.78. The van der Waals surface area contributed by atoms with Crippen LogP contribution in [0.15, 0.2) is 0 Å². The fourth-order valence-corrected chi connectivity index (χ4v) is 3.90. The standard InChI is InChI=1S/C18H36N4O/c1-16(2)20(5)15-17(23)21-11-8-18(9-12-21)7-6-10-22(18)14-13-19(3)4/h16H,6-15H2,1-5H3. The van der Waals surface area contributed by atoms with Crippen molar-refractivity contribution in [3.8, 4) is 0 Å². The number of amides is 1. The van der Waals surface area contributed by atoms with Crippen LogP contribution in [0.1, 0.15) is 39.5 Å². The molecule has 5 heteroatoms. The van der Waals surface area contributed by atoms with E-state index in [1.807, 2.05) is 7.05 Å². The molecule has 0 aromatic heterocycles. The van der Waals surface area contributed by atoms with Gasteiger partial charge in [-0.1, -0.05) is 0 Å². The third-order valence-electron chi connectivity index (χ3n) is 5.87. The Hall–Kier alpha value is -0.650. The molecule has 0 radical (unpaired) electrons. The predicted molar refractivity (Wildman–Crippen MR) is 95.7 cm³/mol. The zero-order chi connectivity index (χ0) is 17.0. The lowest BCUT2D eigenvalue weighted by molar-refractivity contribution is -0.135. The summed E-state index contributed by atoms with van der Waals surface area (Å²) in [6.45, 7) is 10.2. The van der Waals surface area contributed by atoms with E-state index in [0.717, 1.165) is 39.0 Å². The molecule has 0 saturated carbocycles. The monoisotopic (exact) mass is 324 g/mol. The van der Waals surface area contributed by atoms with E-state index in [4.69, 9.17) is 0 Å². The lowest BCUT2D eigenvalue weighted by atomic mass is 9.85. The Kier molecular flexibility index (Phi) is 6.46. The van der Waals surface area contributed by atoms with Crippen molar-refractivity contribution in [2.75, 3.05) is 60.4 Å². The van der Waals surface area contributed by atoms with E-state index in [0.29, 0.717) is 24.0 Å². The summed E-state index contributed by atoms with van der Waals surface area (Å²) in [5.41, 5.74) is 0.372. The molecule has 0 aromatic rings. The van der Waals surface area contributed by atoms with Crippen molar-refractivity contribution in [3.63, 3.8) is 0 Å². The maximum Gasteiger partial charge on any atom is 0.236 e. The fourth-order valence-electron chi connectivity index (χ4n) is 3.90.